The molecular formula is C12H17NO2. The van der Waals surface area contributed by atoms with Gasteiger partial charge in [-0.3, -0.25) is 0 Å². The number of phenolic OH excluding ortho intramolecular Hbond substituents is 1. The van der Waals surface area contributed by atoms with Crippen molar-refractivity contribution in [2.75, 3.05) is 11.9 Å². The zero-order valence-corrected chi connectivity index (χ0v) is 9.07. The van der Waals surface area contributed by atoms with Crippen molar-refractivity contribution >= 4 is 5.69 Å². The summed E-state index contributed by atoms with van der Waals surface area (Å²) in [5.41, 5.74) is 1.90. The average Bonchev–Trinajstić information content (AvgIpc) is 2.57. The molecule has 3 heteroatoms. The number of phenols is 1. The summed E-state index contributed by atoms with van der Waals surface area (Å²) in [7, 11) is 0. The fourth-order valence-corrected chi connectivity index (χ4v) is 2.48. The second-order valence-electron chi connectivity index (χ2n) is 4.44. The monoisotopic (exact) mass is 207 g/mol. The summed E-state index contributed by atoms with van der Waals surface area (Å²) in [5, 5.41) is 22.4. The molecule has 15 heavy (non-hydrogen) atoms. The Hall–Kier alpha value is -1.22. The van der Waals surface area contributed by atoms with Gasteiger partial charge in [0.15, 0.2) is 0 Å². The number of benzene rings is 1. The number of hydrogen-bond acceptors (Lipinski definition) is 3. The van der Waals surface area contributed by atoms with E-state index in [0.717, 1.165) is 11.3 Å². The lowest BCUT2D eigenvalue weighted by Crippen LogP contribution is -2.27. The molecular weight excluding hydrogens is 190 g/mol. The molecule has 0 saturated carbocycles. The zero-order chi connectivity index (χ0) is 11.0. The van der Waals surface area contributed by atoms with Crippen molar-refractivity contribution in [2.24, 2.45) is 5.92 Å². The molecule has 1 heterocycles. The molecule has 1 aliphatic heterocycles. The molecule has 0 radical (unpaired) electrons. The maximum absolute atomic E-state index is 9.84. The Kier molecular flexibility index (Phi) is 2.57. The van der Waals surface area contributed by atoms with Crippen molar-refractivity contribution in [3.63, 3.8) is 0 Å². The largest absolute Gasteiger partial charge is 0.508 e. The molecule has 0 amide bonds. The van der Waals surface area contributed by atoms with Crippen molar-refractivity contribution in [1.82, 2.24) is 0 Å². The minimum absolute atomic E-state index is 0.0216. The van der Waals surface area contributed by atoms with Gasteiger partial charge < -0.3 is 15.5 Å². The predicted octanol–water partition coefficient (Wildman–Crippen LogP) is 1.92. The Morgan fingerprint density at radius 2 is 2.13 bits per heavy atom. The third kappa shape index (κ3) is 1.57. The van der Waals surface area contributed by atoms with E-state index in [1.807, 2.05) is 12.1 Å². The molecule has 1 aromatic rings. The van der Waals surface area contributed by atoms with Crippen LogP contribution in [-0.4, -0.2) is 22.9 Å². The molecule has 0 aromatic heterocycles. The maximum atomic E-state index is 9.84. The Bertz CT molecular complexity index is 363. The van der Waals surface area contributed by atoms with Crippen molar-refractivity contribution in [3.05, 3.63) is 23.8 Å². The standard InChI is InChI=1S/C12H17NO2/c1-7(2)11-9(6-14)13-8-4-3-5-10(15)12(8)11/h3-5,7,9,11,13-15H,6H2,1-2H3. The minimum atomic E-state index is 0.0216. The fourth-order valence-electron chi connectivity index (χ4n) is 2.48. The van der Waals surface area contributed by atoms with E-state index >= 15 is 0 Å². The first kappa shape index (κ1) is 10.3. The second kappa shape index (κ2) is 3.74. The van der Waals surface area contributed by atoms with Gasteiger partial charge in [0.25, 0.3) is 0 Å². The van der Waals surface area contributed by atoms with Crippen LogP contribution < -0.4 is 5.32 Å². The molecule has 0 saturated heterocycles. The van der Waals surface area contributed by atoms with Gasteiger partial charge in [-0.25, -0.2) is 0 Å². The van der Waals surface area contributed by atoms with Gasteiger partial charge in [0.1, 0.15) is 5.75 Å². The number of hydrogen-bond donors (Lipinski definition) is 3. The highest BCUT2D eigenvalue weighted by molar-refractivity contribution is 5.64. The van der Waals surface area contributed by atoms with Crippen LogP contribution >= 0.6 is 0 Å². The first-order chi connectivity index (χ1) is 7.15. The highest BCUT2D eigenvalue weighted by atomic mass is 16.3. The van der Waals surface area contributed by atoms with Gasteiger partial charge in [0.05, 0.1) is 12.6 Å². The van der Waals surface area contributed by atoms with E-state index in [4.69, 9.17) is 0 Å². The lowest BCUT2D eigenvalue weighted by Gasteiger charge is -2.22. The van der Waals surface area contributed by atoms with Crippen molar-refractivity contribution < 1.29 is 10.2 Å². The molecule has 82 valence electrons. The van der Waals surface area contributed by atoms with E-state index in [-0.39, 0.29) is 18.6 Å². The van der Waals surface area contributed by atoms with Gasteiger partial charge in [-0.05, 0) is 18.1 Å². The van der Waals surface area contributed by atoms with Crippen LogP contribution in [0.4, 0.5) is 5.69 Å². The van der Waals surface area contributed by atoms with Crippen LogP contribution in [-0.2, 0) is 0 Å². The van der Waals surface area contributed by atoms with Crippen LogP contribution in [0, 0.1) is 5.92 Å². The zero-order valence-electron chi connectivity index (χ0n) is 9.07. The summed E-state index contributed by atoms with van der Waals surface area (Å²) in [4.78, 5) is 0. The Balaban J connectivity index is 2.46. The summed E-state index contributed by atoms with van der Waals surface area (Å²) in [6.45, 7) is 4.31. The highest BCUT2D eigenvalue weighted by Gasteiger charge is 2.35. The summed E-state index contributed by atoms with van der Waals surface area (Å²) in [6.07, 6.45) is 0. The van der Waals surface area contributed by atoms with Crippen molar-refractivity contribution in [1.29, 1.82) is 0 Å². The van der Waals surface area contributed by atoms with Crippen molar-refractivity contribution in [2.45, 2.75) is 25.8 Å². The maximum Gasteiger partial charge on any atom is 0.121 e. The molecule has 0 fully saturated rings. The van der Waals surface area contributed by atoms with Gasteiger partial charge in [0, 0.05) is 17.2 Å². The first-order valence-corrected chi connectivity index (χ1v) is 5.34. The number of nitrogens with one attached hydrogen (secondary N) is 1. The average molecular weight is 207 g/mol. The molecule has 0 bridgehead atoms. The molecule has 0 spiro atoms. The molecule has 2 rings (SSSR count). The van der Waals surface area contributed by atoms with Crippen LogP contribution in [0.15, 0.2) is 18.2 Å². The first-order valence-electron chi connectivity index (χ1n) is 5.34. The van der Waals surface area contributed by atoms with Crippen LogP contribution in [0.1, 0.15) is 25.3 Å². The summed E-state index contributed by atoms with van der Waals surface area (Å²) in [5.74, 6) is 0.907. The Morgan fingerprint density at radius 3 is 2.73 bits per heavy atom. The van der Waals surface area contributed by atoms with E-state index in [1.54, 1.807) is 6.07 Å². The van der Waals surface area contributed by atoms with Gasteiger partial charge in [-0.15, -0.1) is 0 Å². The molecule has 2 unspecified atom stereocenters. The lowest BCUT2D eigenvalue weighted by molar-refractivity contribution is 0.247. The molecule has 3 N–H and O–H groups in total. The third-order valence-electron chi connectivity index (χ3n) is 3.11. The van der Waals surface area contributed by atoms with Crippen molar-refractivity contribution in [3.8, 4) is 5.75 Å². The third-order valence-corrected chi connectivity index (χ3v) is 3.11. The number of fused-ring (bicyclic) bond motifs is 1. The van der Waals surface area contributed by atoms with E-state index < -0.39 is 0 Å². The van der Waals surface area contributed by atoms with Crippen LogP contribution in [0.5, 0.6) is 5.75 Å². The Labute approximate surface area is 89.8 Å². The predicted molar refractivity (Wildman–Crippen MR) is 60.2 cm³/mol. The van der Waals surface area contributed by atoms with Crippen LogP contribution in [0.3, 0.4) is 0 Å². The summed E-state index contributed by atoms with van der Waals surface area (Å²) >= 11 is 0. The Morgan fingerprint density at radius 1 is 1.40 bits per heavy atom. The van der Waals surface area contributed by atoms with E-state index in [2.05, 4.69) is 19.2 Å². The van der Waals surface area contributed by atoms with E-state index in [0.29, 0.717) is 11.7 Å². The number of anilines is 1. The molecule has 1 aliphatic rings. The molecule has 3 nitrogen and oxygen atoms in total. The normalized spacial score (nSPS) is 24.0. The SMILES string of the molecule is CC(C)C1c2c(O)cccc2NC1CO. The highest BCUT2D eigenvalue weighted by Crippen LogP contribution is 2.44. The minimum Gasteiger partial charge on any atom is -0.508 e. The van der Waals surface area contributed by atoms with Gasteiger partial charge in [-0.2, -0.15) is 0 Å². The molecule has 0 aliphatic carbocycles. The number of aliphatic hydroxyl groups is 1. The number of aliphatic hydroxyl groups excluding tert-OH is 1. The topological polar surface area (TPSA) is 52.5 Å². The van der Waals surface area contributed by atoms with E-state index in [1.165, 1.54) is 0 Å². The molecule has 1 aromatic carbocycles. The van der Waals surface area contributed by atoms with Gasteiger partial charge in [0.2, 0.25) is 0 Å². The summed E-state index contributed by atoms with van der Waals surface area (Å²) < 4.78 is 0. The number of aromatic hydroxyl groups is 1. The smallest absolute Gasteiger partial charge is 0.121 e. The van der Waals surface area contributed by atoms with Gasteiger partial charge in [-0.1, -0.05) is 19.9 Å². The fraction of sp³-hybridized carbons (Fsp3) is 0.500. The van der Waals surface area contributed by atoms with Gasteiger partial charge >= 0.3 is 0 Å². The number of rotatable bonds is 2. The van der Waals surface area contributed by atoms with Crippen LogP contribution in [0.25, 0.3) is 0 Å². The summed E-state index contributed by atoms with van der Waals surface area (Å²) in [6, 6.07) is 5.49. The molecule has 2 atom stereocenters. The lowest BCUT2D eigenvalue weighted by atomic mass is 9.85. The second-order valence-corrected chi connectivity index (χ2v) is 4.44. The van der Waals surface area contributed by atoms with Crippen LogP contribution in [0.2, 0.25) is 0 Å². The quantitative estimate of drug-likeness (QED) is 0.694. The van der Waals surface area contributed by atoms with E-state index in [9.17, 15) is 10.2 Å².